The minimum absolute atomic E-state index is 0.537. The van der Waals surface area contributed by atoms with Crippen LogP contribution in [0.1, 0.15) is 24.8 Å². The Bertz CT molecular complexity index is 470. The first kappa shape index (κ1) is 14.2. The fourth-order valence-electron chi connectivity index (χ4n) is 2.75. The highest BCUT2D eigenvalue weighted by atomic mass is 32.2. The van der Waals surface area contributed by atoms with Crippen molar-refractivity contribution in [3.8, 4) is 11.8 Å². The maximum atomic E-state index is 9.26. The molecule has 2 atom stereocenters. The molecule has 0 radical (unpaired) electrons. The van der Waals surface area contributed by atoms with E-state index < -0.39 is 0 Å². The number of rotatable bonds is 5. The minimum atomic E-state index is 0.537. The van der Waals surface area contributed by atoms with Gasteiger partial charge in [0.25, 0.3) is 0 Å². The van der Waals surface area contributed by atoms with Crippen molar-refractivity contribution in [2.24, 2.45) is 17.6 Å². The van der Waals surface area contributed by atoms with E-state index in [4.69, 9.17) is 10.5 Å². The number of hydrogen-bond donors (Lipinski definition) is 1. The molecule has 1 aliphatic rings. The third-order valence-corrected chi connectivity index (χ3v) is 4.67. The largest absolute Gasteiger partial charge is 0.492 e. The summed E-state index contributed by atoms with van der Waals surface area (Å²) in [5, 5.41) is 9.26. The lowest BCUT2D eigenvalue weighted by molar-refractivity contribution is 0.216. The summed E-state index contributed by atoms with van der Waals surface area (Å²) in [6, 6.07) is 8.02. The topological polar surface area (TPSA) is 59.0 Å². The van der Waals surface area contributed by atoms with Gasteiger partial charge < -0.3 is 10.5 Å². The highest BCUT2D eigenvalue weighted by Crippen LogP contribution is 2.33. The molecular formula is C15H20N2OS. The van der Waals surface area contributed by atoms with Crippen LogP contribution in [0.25, 0.3) is 0 Å². The predicted octanol–water partition coefficient (Wildman–Crippen LogP) is 3.03. The fraction of sp³-hybridized carbons (Fsp3) is 0.533. The molecular weight excluding hydrogens is 256 g/mol. The smallest absolute Gasteiger partial charge is 0.138 e. The summed E-state index contributed by atoms with van der Waals surface area (Å²) >= 11 is 1.57. The molecule has 0 bridgehead atoms. The summed E-state index contributed by atoms with van der Waals surface area (Å²) in [7, 11) is 0. The molecule has 1 fully saturated rings. The first-order valence-electron chi connectivity index (χ1n) is 6.70. The Morgan fingerprint density at radius 2 is 2.21 bits per heavy atom. The number of nitrogens with zero attached hydrogens (tertiary/aromatic N) is 1. The SMILES string of the molecule is CSc1cccc(OCC2CCCC2CN)c1C#N. The molecule has 0 amide bonds. The molecule has 19 heavy (non-hydrogen) atoms. The Labute approximate surface area is 119 Å². The molecule has 0 aromatic heterocycles. The lowest BCUT2D eigenvalue weighted by Gasteiger charge is -2.19. The van der Waals surface area contributed by atoms with E-state index in [0.29, 0.717) is 29.8 Å². The van der Waals surface area contributed by atoms with Gasteiger partial charge in [0.1, 0.15) is 17.4 Å². The first-order valence-corrected chi connectivity index (χ1v) is 7.92. The molecule has 0 aliphatic heterocycles. The van der Waals surface area contributed by atoms with Crippen molar-refractivity contribution < 1.29 is 4.74 Å². The van der Waals surface area contributed by atoms with Gasteiger partial charge in [-0.3, -0.25) is 0 Å². The Hall–Kier alpha value is -1.18. The van der Waals surface area contributed by atoms with E-state index >= 15 is 0 Å². The summed E-state index contributed by atoms with van der Waals surface area (Å²) < 4.78 is 5.90. The van der Waals surface area contributed by atoms with E-state index in [-0.39, 0.29) is 0 Å². The average Bonchev–Trinajstić information content (AvgIpc) is 2.91. The van der Waals surface area contributed by atoms with Gasteiger partial charge in [0.05, 0.1) is 6.61 Å². The second-order valence-corrected chi connectivity index (χ2v) is 5.79. The van der Waals surface area contributed by atoms with Gasteiger partial charge in [0, 0.05) is 4.90 Å². The maximum absolute atomic E-state index is 9.26. The van der Waals surface area contributed by atoms with Crippen LogP contribution in [0, 0.1) is 23.2 Å². The molecule has 2 unspecified atom stereocenters. The second kappa shape index (κ2) is 6.83. The first-order chi connectivity index (χ1) is 9.30. The number of benzene rings is 1. The zero-order valence-electron chi connectivity index (χ0n) is 11.3. The van der Waals surface area contributed by atoms with Gasteiger partial charge in [-0.2, -0.15) is 5.26 Å². The van der Waals surface area contributed by atoms with E-state index in [1.807, 2.05) is 24.5 Å². The molecule has 1 aromatic carbocycles. The van der Waals surface area contributed by atoms with Crippen molar-refractivity contribution in [2.75, 3.05) is 19.4 Å². The molecule has 1 aliphatic carbocycles. The number of thioether (sulfide) groups is 1. The molecule has 2 rings (SSSR count). The summed E-state index contributed by atoms with van der Waals surface area (Å²) in [4.78, 5) is 0.974. The van der Waals surface area contributed by atoms with Crippen molar-refractivity contribution in [3.05, 3.63) is 23.8 Å². The molecule has 1 aromatic rings. The van der Waals surface area contributed by atoms with Crippen molar-refractivity contribution in [2.45, 2.75) is 24.2 Å². The Kier molecular flexibility index (Phi) is 5.12. The fourth-order valence-corrected chi connectivity index (χ4v) is 3.32. The number of nitrogens with two attached hydrogens (primary N) is 1. The highest BCUT2D eigenvalue weighted by molar-refractivity contribution is 7.98. The molecule has 0 saturated heterocycles. The van der Waals surface area contributed by atoms with Gasteiger partial charge in [0.2, 0.25) is 0 Å². The quantitative estimate of drug-likeness (QED) is 0.840. The van der Waals surface area contributed by atoms with E-state index in [9.17, 15) is 5.26 Å². The average molecular weight is 276 g/mol. The minimum Gasteiger partial charge on any atom is -0.492 e. The zero-order valence-corrected chi connectivity index (χ0v) is 12.1. The van der Waals surface area contributed by atoms with E-state index in [1.54, 1.807) is 11.8 Å². The third-order valence-electron chi connectivity index (χ3n) is 3.89. The van der Waals surface area contributed by atoms with Crippen LogP contribution in [0.15, 0.2) is 23.1 Å². The lowest BCUT2D eigenvalue weighted by Crippen LogP contribution is -2.23. The van der Waals surface area contributed by atoms with Crippen LogP contribution in [0.4, 0.5) is 0 Å². The van der Waals surface area contributed by atoms with Crippen molar-refractivity contribution in [1.82, 2.24) is 0 Å². The molecule has 3 nitrogen and oxygen atoms in total. The van der Waals surface area contributed by atoms with Gasteiger partial charge in [-0.15, -0.1) is 11.8 Å². The maximum Gasteiger partial charge on any atom is 0.138 e. The summed E-state index contributed by atoms with van der Waals surface area (Å²) in [6.07, 6.45) is 5.61. The van der Waals surface area contributed by atoms with Crippen LogP contribution in [0.5, 0.6) is 5.75 Å². The Balaban J connectivity index is 2.05. The normalized spacial score (nSPS) is 22.2. The van der Waals surface area contributed by atoms with E-state index in [1.165, 1.54) is 19.3 Å². The zero-order chi connectivity index (χ0) is 13.7. The standard InChI is InChI=1S/C15H20N2OS/c1-19-15-7-3-6-14(13(15)9-17)18-10-12-5-2-4-11(12)8-16/h3,6-7,11-12H,2,4-5,8,10,16H2,1H3. The Morgan fingerprint density at radius 1 is 1.42 bits per heavy atom. The molecule has 1 saturated carbocycles. The lowest BCUT2D eigenvalue weighted by atomic mass is 9.97. The Morgan fingerprint density at radius 3 is 2.89 bits per heavy atom. The van der Waals surface area contributed by atoms with E-state index in [0.717, 1.165) is 11.4 Å². The highest BCUT2D eigenvalue weighted by Gasteiger charge is 2.26. The summed E-state index contributed by atoms with van der Waals surface area (Å²) in [5.41, 5.74) is 6.43. The summed E-state index contributed by atoms with van der Waals surface area (Å²) in [6.45, 7) is 1.42. The van der Waals surface area contributed by atoms with Crippen LogP contribution in [0.3, 0.4) is 0 Å². The molecule has 4 heteroatoms. The summed E-state index contributed by atoms with van der Waals surface area (Å²) in [5.74, 6) is 1.82. The second-order valence-electron chi connectivity index (χ2n) is 4.94. The van der Waals surface area contributed by atoms with Gasteiger partial charge >= 0.3 is 0 Å². The number of hydrogen-bond acceptors (Lipinski definition) is 4. The van der Waals surface area contributed by atoms with Gasteiger partial charge in [-0.25, -0.2) is 0 Å². The van der Waals surface area contributed by atoms with Crippen molar-refractivity contribution in [3.63, 3.8) is 0 Å². The molecule has 0 spiro atoms. The predicted molar refractivity (Wildman–Crippen MR) is 78.3 cm³/mol. The van der Waals surface area contributed by atoms with Crippen molar-refractivity contribution >= 4 is 11.8 Å². The van der Waals surface area contributed by atoms with E-state index in [2.05, 4.69) is 6.07 Å². The van der Waals surface area contributed by atoms with Crippen LogP contribution < -0.4 is 10.5 Å². The third kappa shape index (κ3) is 3.23. The van der Waals surface area contributed by atoms with Gasteiger partial charge in [-0.05, 0) is 49.6 Å². The van der Waals surface area contributed by atoms with Crippen LogP contribution in [0.2, 0.25) is 0 Å². The van der Waals surface area contributed by atoms with Gasteiger partial charge in [-0.1, -0.05) is 12.5 Å². The number of nitriles is 1. The number of ether oxygens (including phenoxy) is 1. The molecule has 2 N–H and O–H groups in total. The van der Waals surface area contributed by atoms with Gasteiger partial charge in [0.15, 0.2) is 0 Å². The molecule has 0 heterocycles. The van der Waals surface area contributed by atoms with Crippen LogP contribution >= 0.6 is 11.8 Å². The van der Waals surface area contributed by atoms with Crippen LogP contribution in [-0.4, -0.2) is 19.4 Å². The monoisotopic (exact) mass is 276 g/mol. The van der Waals surface area contributed by atoms with Crippen molar-refractivity contribution in [1.29, 1.82) is 5.26 Å². The van der Waals surface area contributed by atoms with Crippen LogP contribution in [-0.2, 0) is 0 Å². The molecule has 102 valence electrons.